The smallest absolute Gasteiger partial charge is 0.281 e. The van der Waals surface area contributed by atoms with Crippen LogP contribution < -0.4 is 5.32 Å². The summed E-state index contributed by atoms with van der Waals surface area (Å²) in [5.74, 6) is 2.39. The van der Waals surface area contributed by atoms with Gasteiger partial charge in [0.1, 0.15) is 0 Å². The standard InChI is InChI=1S/C16H21N5O2S2/c1-24-10-6-12(15-19-18-13-4-2-3-7-21(13)15)17-14(22)5-8-20-9-11-25-16(20)23/h2-4,7,12H,5-6,8-11H2,1H3,(H,17,22). The second-order valence-electron chi connectivity index (χ2n) is 5.74. The first-order valence-electron chi connectivity index (χ1n) is 8.18. The largest absolute Gasteiger partial charge is 0.346 e. The molecule has 2 aromatic heterocycles. The predicted molar refractivity (Wildman–Crippen MR) is 101 cm³/mol. The Hall–Kier alpha value is -1.74. The van der Waals surface area contributed by atoms with Crippen LogP contribution in [0.1, 0.15) is 24.7 Å². The normalized spacial score (nSPS) is 15.7. The third kappa shape index (κ3) is 4.46. The number of fused-ring (bicyclic) bond motifs is 1. The van der Waals surface area contributed by atoms with Crippen molar-refractivity contribution in [3.8, 4) is 0 Å². The first-order chi connectivity index (χ1) is 12.2. The minimum atomic E-state index is -0.194. The number of nitrogens with zero attached hydrogens (tertiary/aromatic N) is 4. The van der Waals surface area contributed by atoms with Crippen LogP contribution in [0.5, 0.6) is 0 Å². The quantitative estimate of drug-likeness (QED) is 0.757. The molecule has 9 heteroatoms. The van der Waals surface area contributed by atoms with Crippen molar-refractivity contribution in [3.05, 3.63) is 30.2 Å². The van der Waals surface area contributed by atoms with Gasteiger partial charge in [-0.3, -0.25) is 14.0 Å². The van der Waals surface area contributed by atoms with Crippen molar-refractivity contribution in [2.24, 2.45) is 0 Å². The fraction of sp³-hybridized carbons (Fsp3) is 0.500. The number of nitrogens with one attached hydrogen (secondary N) is 1. The lowest BCUT2D eigenvalue weighted by molar-refractivity contribution is -0.122. The Labute approximate surface area is 154 Å². The van der Waals surface area contributed by atoms with E-state index in [2.05, 4.69) is 15.5 Å². The Morgan fingerprint density at radius 2 is 2.32 bits per heavy atom. The predicted octanol–water partition coefficient (Wildman–Crippen LogP) is 2.20. The highest BCUT2D eigenvalue weighted by Crippen LogP contribution is 2.19. The number of thioether (sulfide) groups is 2. The molecule has 25 heavy (non-hydrogen) atoms. The minimum absolute atomic E-state index is 0.0650. The minimum Gasteiger partial charge on any atom is -0.346 e. The molecular weight excluding hydrogens is 358 g/mol. The number of rotatable bonds is 8. The van der Waals surface area contributed by atoms with Crippen LogP contribution in [0.25, 0.3) is 5.65 Å². The zero-order valence-corrected chi connectivity index (χ0v) is 15.7. The van der Waals surface area contributed by atoms with Crippen LogP contribution in [0.15, 0.2) is 24.4 Å². The van der Waals surface area contributed by atoms with Gasteiger partial charge >= 0.3 is 0 Å². The van der Waals surface area contributed by atoms with Gasteiger partial charge in [-0.2, -0.15) is 11.8 Å². The van der Waals surface area contributed by atoms with E-state index in [1.54, 1.807) is 16.7 Å². The fourth-order valence-corrected chi connectivity index (χ4v) is 4.05. The first kappa shape index (κ1) is 18.1. The first-order valence-corrected chi connectivity index (χ1v) is 10.6. The number of carbonyl (C=O) groups excluding carboxylic acids is 2. The van der Waals surface area contributed by atoms with Gasteiger partial charge in [0, 0.05) is 31.5 Å². The highest BCUT2D eigenvalue weighted by molar-refractivity contribution is 8.13. The van der Waals surface area contributed by atoms with Crippen molar-refractivity contribution in [1.29, 1.82) is 0 Å². The van der Waals surface area contributed by atoms with E-state index in [1.165, 1.54) is 11.8 Å². The second-order valence-corrected chi connectivity index (χ2v) is 7.77. The lowest BCUT2D eigenvalue weighted by Gasteiger charge is -2.19. The molecule has 1 fully saturated rings. The van der Waals surface area contributed by atoms with E-state index in [9.17, 15) is 9.59 Å². The summed E-state index contributed by atoms with van der Waals surface area (Å²) in [6, 6.07) is 5.53. The maximum absolute atomic E-state index is 12.4. The maximum Gasteiger partial charge on any atom is 0.281 e. The lowest BCUT2D eigenvalue weighted by Crippen LogP contribution is -2.34. The van der Waals surface area contributed by atoms with E-state index in [1.807, 2.05) is 35.1 Å². The third-order valence-corrected chi connectivity index (χ3v) is 5.59. The molecule has 3 heterocycles. The summed E-state index contributed by atoms with van der Waals surface area (Å²) in [4.78, 5) is 25.7. The number of pyridine rings is 1. The van der Waals surface area contributed by atoms with E-state index in [4.69, 9.17) is 0 Å². The van der Waals surface area contributed by atoms with Crippen LogP contribution in [-0.2, 0) is 4.79 Å². The maximum atomic E-state index is 12.4. The average Bonchev–Trinajstić information content (AvgIpc) is 3.23. The molecule has 3 rings (SSSR count). The highest BCUT2D eigenvalue weighted by atomic mass is 32.2. The Balaban J connectivity index is 1.66. The SMILES string of the molecule is CSCCC(NC(=O)CCN1CCSC1=O)c1nnc2ccccn12. The summed E-state index contributed by atoms with van der Waals surface area (Å²) in [5.41, 5.74) is 0.764. The van der Waals surface area contributed by atoms with E-state index < -0.39 is 0 Å². The molecular formula is C16H21N5O2S2. The molecule has 0 saturated carbocycles. The van der Waals surface area contributed by atoms with Crippen LogP contribution >= 0.6 is 23.5 Å². The molecule has 1 N–H and O–H groups in total. The van der Waals surface area contributed by atoms with Crippen molar-refractivity contribution >= 4 is 40.3 Å². The molecule has 1 aliphatic heterocycles. The van der Waals surface area contributed by atoms with E-state index >= 15 is 0 Å². The van der Waals surface area contributed by atoms with Gasteiger partial charge in [-0.15, -0.1) is 10.2 Å². The van der Waals surface area contributed by atoms with Crippen molar-refractivity contribution < 1.29 is 9.59 Å². The summed E-state index contributed by atoms with van der Waals surface area (Å²) in [6.45, 7) is 1.19. The van der Waals surface area contributed by atoms with E-state index in [0.29, 0.717) is 13.0 Å². The molecule has 0 aliphatic carbocycles. The Morgan fingerprint density at radius 3 is 3.08 bits per heavy atom. The number of carbonyl (C=O) groups is 2. The van der Waals surface area contributed by atoms with Gasteiger partial charge in [0.25, 0.3) is 5.24 Å². The molecule has 1 atom stereocenters. The molecule has 2 amide bonds. The van der Waals surface area contributed by atoms with Gasteiger partial charge < -0.3 is 10.2 Å². The molecule has 0 spiro atoms. The lowest BCUT2D eigenvalue weighted by atomic mass is 10.2. The summed E-state index contributed by atoms with van der Waals surface area (Å²) in [5, 5.41) is 11.6. The van der Waals surface area contributed by atoms with Gasteiger partial charge in [0.05, 0.1) is 6.04 Å². The summed E-state index contributed by atoms with van der Waals surface area (Å²) >= 11 is 3.04. The zero-order valence-electron chi connectivity index (χ0n) is 14.1. The summed E-state index contributed by atoms with van der Waals surface area (Å²) < 4.78 is 1.91. The van der Waals surface area contributed by atoms with Gasteiger partial charge in [0.2, 0.25) is 5.91 Å². The number of aromatic nitrogens is 3. The number of hydrogen-bond donors (Lipinski definition) is 1. The van der Waals surface area contributed by atoms with Crippen LogP contribution in [0.2, 0.25) is 0 Å². The molecule has 7 nitrogen and oxygen atoms in total. The van der Waals surface area contributed by atoms with Crippen molar-refractivity contribution in [2.45, 2.75) is 18.9 Å². The molecule has 0 aromatic carbocycles. The summed E-state index contributed by atoms with van der Waals surface area (Å²) in [7, 11) is 0. The second kappa shape index (κ2) is 8.57. The monoisotopic (exact) mass is 379 g/mol. The molecule has 1 unspecified atom stereocenters. The molecule has 0 radical (unpaired) electrons. The van der Waals surface area contributed by atoms with Crippen molar-refractivity contribution in [3.63, 3.8) is 0 Å². The topological polar surface area (TPSA) is 79.6 Å². The van der Waals surface area contributed by atoms with Gasteiger partial charge in [0.15, 0.2) is 11.5 Å². The van der Waals surface area contributed by atoms with Crippen LogP contribution in [0.3, 0.4) is 0 Å². The zero-order chi connectivity index (χ0) is 17.6. The molecule has 0 bridgehead atoms. The summed E-state index contributed by atoms with van der Waals surface area (Å²) in [6.07, 6.45) is 5.03. The van der Waals surface area contributed by atoms with Crippen LogP contribution in [-0.4, -0.2) is 61.5 Å². The molecule has 1 aliphatic rings. The molecule has 134 valence electrons. The molecule has 1 saturated heterocycles. The van der Waals surface area contributed by atoms with Gasteiger partial charge in [-0.05, 0) is 30.6 Å². The van der Waals surface area contributed by atoms with Gasteiger partial charge in [-0.25, -0.2) is 0 Å². The van der Waals surface area contributed by atoms with Crippen LogP contribution in [0, 0.1) is 0 Å². The average molecular weight is 380 g/mol. The fourth-order valence-electron chi connectivity index (χ4n) is 2.73. The Morgan fingerprint density at radius 1 is 1.44 bits per heavy atom. The highest BCUT2D eigenvalue weighted by Gasteiger charge is 2.23. The van der Waals surface area contributed by atoms with E-state index in [0.717, 1.165) is 35.9 Å². The molecule has 2 aromatic rings. The Bertz CT molecular complexity index is 751. The van der Waals surface area contributed by atoms with Crippen LogP contribution in [0.4, 0.5) is 4.79 Å². The van der Waals surface area contributed by atoms with E-state index in [-0.39, 0.29) is 17.2 Å². The van der Waals surface area contributed by atoms with Crippen molar-refractivity contribution in [1.82, 2.24) is 24.8 Å². The van der Waals surface area contributed by atoms with Gasteiger partial charge in [-0.1, -0.05) is 17.8 Å². The van der Waals surface area contributed by atoms with Crippen molar-refractivity contribution in [2.75, 3.05) is 30.9 Å². The Kier molecular flexibility index (Phi) is 6.19. The third-order valence-electron chi connectivity index (χ3n) is 4.05. The number of amides is 2. The number of hydrogen-bond acceptors (Lipinski definition) is 6.